The third-order valence-corrected chi connectivity index (χ3v) is 5.06. The van der Waals surface area contributed by atoms with Crippen LogP contribution in [0.3, 0.4) is 0 Å². The molecule has 2 aromatic carbocycles. The third-order valence-electron chi connectivity index (χ3n) is 3.78. The Kier molecular flexibility index (Phi) is 5.23. The summed E-state index contributed by atoms with van der Waals surface area (Å²) in [4.78, 5) is 12.5. The monoisotopic (exact) mass is 437 g/mol. The first-order chi connectivity index (χ1) is 11.9. The number of furan rings is 1. The first-order valence-corrected chi connectivity index (χ1v) is 9.04. The molecule has 1 N–H and O–H groups in total. The average Bonchev–Trinajstić information content (AvgIpc) is 3.03. The van der Waals surface area contributed by atoms with Crippen LogP contribution in [0.25, 0.3) is 11.3 Å². The molecule has 0 saturated heterocycles. The molecule has 6 heteroatoms. The quantitative estimate of drug-likeness (QED) is 0.483. The van der Waals surface area contributed by atoms with E-state index in [4.69, 9.17) is 27.6 Å². The first kappa shape index (κ1) is 18.1. The van der Waals surface area contributed by atoms with E-state index < -0.39 is 0 Å². The fourth-order valence-corrected chi connectivity index (χ4v) is 3.66. The van der Waals surface area contributed by atoms with Crippen LogP contribution in [0.2, 0.25) is 10.0 Å². The van der Waals surface area contributed by atoms with Crippen molar-refractivity contribution < 1.29 is 9.21 Å². The third kappa shape index (κ3) is 3.76. The number of halogens is 3. The van der Waals surface area contributed by atoms with Crippen molar-refractivity contribution >= 4 is 50.7 Å². The molecule has 0 spiro atoms. The molecule has 1 heterocycles. The Labute approximate surface area is 164 Å². The molecule has 0 unspecified atom stereocenters. The maximum absolute atomic E-state index is 12.5. The standard InChI is InChI=1S/C19H14BrCl2NO2/c1-10-8-12(20)9-11(2)18(10)23-19(24)16-7-6-15(25-16)13-4-3-5-14(21)17(13)22/h3-9H,1-2H3,(H,23,24). The highest BCUT2D eigenvalue weighted by atomic mass is 79.9. The molecule has 3 nitrogen and oxygen atoms in total. The van der Waals surface area contributed by atoms with Crippen LogP contribution < -0.4 is 5.32 Å². The number of rotatable bonds is 3. The smallest absolute Gasteiger partial charge is 0.291 e. The minimum Gasteiger partial charge on any atom is -0.451 e. The first-order valence-electron chi connectivity index (χ1n) is 7.49. The van der Waals surface area contributed by atoms with E-state index in [1.807, 2.05) is 26.0 Å². The number of nitrogens with one attached hydrogen (secondary N) is 1. The van der Waals surface area contributed by atoms with Crippen molar-refractivity contribution in [1.29, 1.82) is 0 Å². The highest BCUT2D eigenvalue weighted by Gasteiger charge is 2.16. The Balaban J connectivity index is 1.88. The van der Waals surface area contributed by atoms with Gasteiger partial charge in [-0.3, -0.25) is 4.79 Å². The fraction of sp³-hybridized carbons (Fsp3) is 0.105. The molecular weight excluding hydrogens is 425 g/mol. The van der Waals surface area contributed by atoms with Crippen molar-refractivity contribution in [1.82, 2.24) is 0 Å². The van der Waals surface area contributed by atoms with Crippen molar-refractivity contribution in [3.05, 3.63) is 73.9 Å². The molecule has 0 aliphatic rings. The number of amides is 1. The number of aryl methyl sites for hydroxylation is 2. The maximum Gasteiger partial charge on any atom is 0.291 e. The molecule has 3 aromatic rings. The van der Waals surface area contributed by atoms with Crippen LogP contribution in [-0.4, -0.2) is 5.91 Å². The second-order valence-corrected chi connectivity index (χ2v) is 7.33. The van der Waals surface area contributed by atoms with Crippen molar-refractivity contribution in [3.8, 4) is 11.3 Å². The van der Waals surface area contributed by atoms with Crippen LogP contribution in [-0.2, 0) is 0 Å². The van der Waals surface area contributed by atoms with E-state index in [0.29, 0.717) is 21.4 Å². The average molecular weight is 439 g/mol. The van der Waals surface area contributed by atoms with Gasteiger partial charge < -0.3 is 9.73 Å². The topological polar surface area (TPSA) is 42.2 Å². The molecule has 0 atom stereocenters. The second-order valence-electron chi connectivity index (χ2n) is 5.63. The minimum atomic E-state index is -0.321. The normalized spacial score (nSPS) is 10.8. The molecule has 25 heavy (non-hydrogen) atoms. The number of benzene rings is 2. The zero-order chi connectivity index (χ0) is 18.1. The lowest BCUT2D eigenvalue weighted by atomic mass is 10.1. The van der Waals surface area contributed by atoms with E-state index in [0.717, 1.165) is 21.3 Å². The number of hydrogen-bond acceptors (Lipinski definition) is 2. The van der Waals surface area contributed by atoms with Gasteiger partial charge in [-0.2, -0.15) is 0 Å². The molecular formula is C19H14BrCl2NO2. The summed E-state index contributed by atoms with van der Waals surface area (Å²) < 4.78 is 6.65. The zero-order valence-electron chi connectivity index (χ0n) is 13.5. The summed E-state index contributed by atoms with van der Waals surface area (Å²) >= 11 is 15.7. The van der Waals surface area contributed by atoms with E-state index in [1.54, 1.807) is 30.3 Å². The predicted octanol–water partition coefficient (Wildman–Crippen LogP) is 6.89. The van der Waals surface area contributed by atoms with Crippen LogP contribution in [0.5, 0.6) is 0 Å². The summed E-state index contributed by atoms with van der Waals surface area (Å²) in [6.45, 7) is 3.87. The zero-order valence-corrected chi connectivity index (χ0v) is 16.6. The van der Waals surface area contributed by atoms with E-state index in [2.05, 4.69) is 21.2 Å². The Hall–Kier alpha value is -1.75. The number of carbonyl (C=O) groups is 1. The van der Waals surface area contributed by atoms with E-state index in [9.17, 15) is 4.79 Å². The van der Waals surface area contributed by atoms with Crippen LogP contribution in [0.15, 0.2) is 51.4 Å². The molecule has 0 saturated carbocycles. The molecule has 1 aromatic heterocycles. The molecule has 0 fully saturated rings. The summed E-state index contributed by atoms with van der Waals surface area (Å²) in [5, 5.41) is 3.73. The highest BCUT2D eigenvalue weighted by Crippen LogP contribution is 2.34. The van der Waals surface area contributed by atoms with Gasteiger partial charge in [0.15, 0.2) is 5.76 Å². The summed E-state index contributed by atoms with van der Waals surface area (Å²) in [5.41, 5.74) is 3.34. The van der Waals surface area contributed by atoms with Gasteiger partial charge in [0.25, 0.3) is 5.91 Å². The van der Waals surface area contributed by atoms with Crippen LogP contribution >= 0.6 is 39.1 Å². The lowest BCUT2D eigenvalue weighted by molar-refractivity contribution is 0.0997. The van der Waals surface area contributed by atoms with Gasteiger partial charge >= 0.3 is 0 Å². The molecule has 0 aliphatic heterocycles. The van der Waals surface area contributed by atoms with Gasteiger partial charge in [-0.15, -0.1) is 0 Å². The fourth-order valence-electron chi connectivity index (χ4n) is 2.58. The van der Waals surface area contributed by atoms with Crippen molar-refractivity contribution in [2.45, 2.75) is 13.8 Å². The van der Waals surface area contributed by atoms with Crippen molar-refractivity contribution in [3.63, 3.8) is 0 Å². The summed E-state index contributed by atoms with van der Waals surface area (Å²) in [5.74, 6) is 0.368. The van der Waals surface area contributed by atoms with Gasteiger partial charge in [-0.25, -0.2) is 0 Å². The lowest BCUT2D eigenvalue weighted by Crippen LogP contribution is -2.13. The van der Waals surface area contributed by atoms with Crippen molar-refractivity contribution in [2.75, 3.05) is 5.32 Å². The molecule has 128 valence electrons. The van der Waals surface area contributed by atoms with Gasteiger partial charge in [0.2, 0.25) is 0 Å². The summed E-state index contributed by atoms with van der Waals surface area (Å²) in [6.07, 6.45) is 0. The van der Waals surface area contributed by atoms with Crippen LogP contribution in [0.1, 0.15) is 21.7 Å². The van der Waals surface area contributed by atoms with Crippen LogP contribution in [0, 0.1) is 13.8 Å². The lowest BCUT2D eigenvalue weighted by Gasteiger charge is -2.11. The van der Waals surface area contributed by atoms with Crippen molar-refractivity contribution in [2.24, 2.45) is 0 Å². The van der Waals surface area contributed by atoms with Gasteiger partial charge in [0, 0.05) is 15.7 Å². The Bertz CT molecular complexity index is 943. The second kappa shape index (κ2) is 7.24. The molecule has 0 aliphatic carbocycles. The Morgan fingerprint density at radius 1 is 1.08 bits per heavy atom. The summed E-state index contributed by atoms with van der Waals surface area (Å²) in [7, 11) is 0. The maximum atomic E-state index is 12.5. The highest BCUT2D eigenvalue weighted by molar-refractivity contribution is 9.10. The van der Waals surface area contributed by atoms with Gasteiger partial charge in [-0.1, -0.05) is 45.2 Å². The van der Waals surface area contributed by atoms with Gasteiger partial charge in [0.1, 0.15) is 5.76 Å². The molecule has 0 bridgehead atoms. The van der Waals surface area contributed by atoms with E-state index >= 15 is 0 Å². The van der Waals surface area contributed by atoms with Gasteiger partial charge in [-0.05, 0) is 61.4 Å². The molecule has 0 radical (unpaired) electrons. The number of hydrogen-bond donors (Lipinski definition) is 1. The minimum absolute atomic E-state index is 0.202. The SMILES string of the molecule is Cc1cc(Br)cc(C)c1NC(=O)c1ccc(-c2cccc(Cl)c2Cl)o1. The number of anilines is 1. The predicted molar refractivity (Wildman–Crippen MR) is 106 cm³/mol. The van der Waals surface area contributed by atoms with Gasteiger partial charge in [0.05, 0.1) is 10.0 Å². The van der Waals surface area contributed by atoms with E-state index in [-0.39, 0.29) is 11.7 Å². The largest absolute Gasteiger partial charge is 0.451 e. The van der Waals surface area contributed by atoms with E-state index in [1.165, 1.54) is 0 Å². The number of carbonyl (C=O) groups excluding carboxylic acids is 1. The summed E-state index contributed by atoms with van der Waals surface area (Å²) in [6, 6.07) is 12.5. The van der Waals surface area contributed by atoms with Crippen LogP contribution in [0.4, 0.5) is 5.69 Å². The molecule has 3 rings (SSSR count). The Morgan fingerprint density at radius 2 is 1.76 bits per heavy atom. The Morgan fingerprint density at radius 3 is 2.44 bits per heavy atom. The molecule has 1 amide bonds.